The van der Waals surface area contributed by atoms with Crippen molar-refractivity contribution in [2.24, 2.45) is 4.99 Å². The van der Waals surface area contributed by atoms with E-state index in [1.54, 1.807) is 14.2 Å². The molecular weight excluding hydrogens is 487 g/mol. The number of guanidine groups is 1. The van der Waals surface area contributed by atoms with Crippen LogP contribution >= 0.6 is 24.0 Å². The van der Waals surface area contributed by atoms with E-state index >= 15 is 0 Å². The largest absolute Gasteiger partial charge is 0.491 e. The molecule has 1 amide bonds. The highest BCUT2D eigenvalue weighted by atomic mass is 127. The summed E-state index contributed by atoms with van der Waals surface area (Å²) in [7, 11) is 3.37. The summed E-state index contributed by atoms with van der Waals surface area (Å²) in [6.45, 7) is 8.48. The number of benzene rings is 1. The molecule has 9 heteroatoms. The fourth-order valence-corrected chi connectivity index (χ4v) is 2.15. The zero-order valence-corrected chi connectivity index (χ0v) is 20.4. The molecule has 1 aromatic rings. The Labute approximate surface area is 191 Å². The topological polar surface area (TPSA) is 93.2 Å². The molecule has 8 nitrogen and oxygen atoms in total. The first-order valence-corrected chi connectivity index (χ1v) is 9.46. The number of hydrogen-bond acceptors (Lipinski definition) is 5. The monoisotopic (exact) mass is 522 g/mol. The van der Waals surface area contributed by atoms with Crippen molar-refractivity contribution in [3.63, 3.8) is 0 Å². The molecule has 0 heterocycles. The Balaban J connectivity index is 0.00000784. The van der Waals surface area contributed by atoms with Gasteiger partial charge < -0.3 is 30.2 Å². The number of nitrogens with one attached hydrogen (secondary N) is 3. The third-order valence-electron chi connectivity index (χ3n) is 3.48. The highest BCUT2D eigenvalue weighted by molar-refractivity contribution is 14.0. The number of carbonyl (C=O) groups excluding carboxylic acids is 1. The third kappa shape index (κ3) is 14.0. The second kappa shape index (κ2) is 15.1. The zero-order chi connectivity index (χ0) is 20.8. The average Bonchev–Trinajstić information content (AvgIpc) is 2.64. The van der Waals surface area contributed by atoms with Gasteiger partial charge in [0.05, 0.1) is 6.61 Å². The molecule has 0 saturated heterocycles. The Kier molecular flexibility index (Phi) is 14.2. The Bertz CT molecular complexity index is 603. The highest BCUT2D eigenvalue weighted by Gasteiger charge is 2.15. The molecule has 0 radical (unpaired) electrons. The van der Waals surface area contributed by atoms with Gasteiger partial charge in [-0.3, -0.25) is 4.99 Å². The second-order valence-electron chi connectivity index (χ2n) is 7.12. The Morgan fingerprint density at radius 3 is 2.28 bits per heavy atom. The minimum absolute atomic E-state index is 0. The molecule has 0 fully saturated rings. The highest BCUT2D eigenvalue weighted by Crippen LogP contribution is 2.12. The lowest BCUT2D eigenvalue weighted by molar-refractivity contribution is 0.0527. The predicted molar refractivity (Wildman–Crippen MR) is 126 cm³/mol. The van der Waals surface area contributed by atoms with Gasteiger partial charge in [0.15, 0.2) is 5.96 Å². The maximum Gasteiger partial charge on any atom is 0.407 e. The third-order valence-corrected chi connectivity index (χ3v) is 3.48. The van der Waals surface area contributed by atoms with Gasteiger partial charge in [0, 0.05) is 33.8 Å². The first-order valence-electron chi connectivity index (χ1n) is 9.46. The summed E-state index contributed by atoms with van der Waals surface area (Å²) in [5.74, 6) is 1.53. The molecule has 0 spiro atoms. The minimum Gasteiger partial charge on any atom is -0.491 e. The van der Waals surface area contributed by atoms with Gasteiger partial charge in [0.1, 0.15) is 18.0 Å². The van der Waals surface area contributed by atoms with Crippen LogP contribution in [0.25, 0.3) is 0 Å². The maximum absolute atomic E-state index is 11.6. The van der Waals surface area contributed by atoms with Crippen LogP contribution in [0.4, 0.5) is 4.79 Å². The first-order chi connectivity index (χ1) is 13.3. The molecular formula is C20H35IN4O4. The van der Waals surface area contributed by atoms with E-state index in [1.807, 2.05) is 45.0 Å². The van der Waals surface area contributed by atoms with Crippen LogP contribution in [-0.2, 0) is 16.0 Å². The molecule has 0 aliphatic heterocycles. The van der Waals surface area contributed by atoms with Crippen molar-refractivity contribution in [3.05, 3.63) is 29.8 Å². The van der Waals surface area contributed by atoms with E-state index in [-0.39, 0.29) is 24.0 Å². The van der Waals surface area contributed by atoms with E-state index in [4.69, 9.17) is 14.2 Å². The fourth-order valence-electron chi connectivity index (χ4n) is 2.15. The minimum atomic E-state index is -0.484. The number of hydrogen-bond donors (Lipinski definition) is 3. The van der Waals surface area contributed by atoms with Crippen LogP contribution < -0.4 is 20.7 Å². The van der Waals surface area contributed by atoms with Gasteiger partial charge in [-0.2, -0.15) is 0 Å². The molecule has 0 aliphatic carbocycles. The van der Waals surface area contributed by atoms with Gasteiger partial charge in [-0.15, -0.1) is 24.0 Å². The summed E-state index contributed by atoms with van der Waals surface area (Å²) < 4.78 is 15.7. The molecule has 0 aliphatic rings. The van der Waals surface area contributed by atoms with Crippen LogP contribution in [0.15, 0.2) is 29.3 Å². The van der Waals surface area contributed by atoms with Crippen molar-refractivity contribution < 1.29 is 19.0 Å². The number of carbonyl (C=O) groups is 1. The lowest BCUT2D eigenvalue weighted by Crippen LogP contribution is -2.39. The van der Waals surface area contributed by atoms with Crippen LogP contribution in [0.3, 0.4) is 0 Å². The van der Waals surface area contributed by atoms with E-state index < -0.39 is 11.7 Å². The number of ether oxygens (including phenoxy) is 3. The summed E-state index contributed by atoms with van der Waals surface area (Å²) >= 11 is 0. The summed E-state index contributed by atoms with van der Waals surface area (Å²) in [5, 5.41) is 9.20. The van der Waals surface area contributed by atoms with Crippen LogP contribution in [0, 0.1) is 0 Å². The molecule has 0 bridgehead atoms. The van der Waals surface area contributed by atoms with Gasteiger partial charge in [-0.1, -0.05) is 12.1 Å². The Hall–Kier alpha value is -1.75. The second-order valence-corrected chi connectivity index (χ2v) is 7.12. The molecule has 29 heavy (non-hydrogen) atoms. The molecule has 1 rings (SSSR count). The van der Waals surface area contributed by atoms with Gasteiger partial charge in [0.2, 0.25) is 0 Å². The fraction of sp³-hybridized carbons (Fsp3) is 0.600. The maximum atomic E-state index is 11.6. The average molecular weight is 522 g/mol. The van der Waals surface area contributed by atoms with Crippen LogP contribution in [-0.4, -0.2) is 58.1 Å². The van der Waals surface area contributed by atoms with Crippen LogP contribution in [0.5, 0.6) is 5.75 Å². The van der Waals surface area contributed by atoms with Gasteiger partial charge in [-0.05, 0) is 44.9 Å². The SMILES string of the molecule is CN=C(NCCCNC(=O)OC(C)(C)C)NCc1ccc(OCCOC)cc1.I. The summed E-state index contributed by atoms with van der Waals surface area (Å²) in [6, 6.07) is 7.89. The summed E-state index contributed by atoms with van der Waals surface area (Å²) in [5.41, 5.74) is 0.636. The number of amides is 1. The summed E-state index contributed by atoms with van der Waals surface area (Å²) in [6.07, 6.45) is 0.359. The normalized spacial score (nSPS) is 11.3. The number of aliphatic imine (C=N–C) groups is 1. The molecule has 1 aromatic carbocycles. The number of rotatable bonds is 10. The lowest BCUT2D eigenvalue weighted by Gasteiger charge is -2.19. The smallest absolute Gasteiger partial charge is 0.407 e. The molecule has 166 valence electrons. The van der Waals surface area contributed by atoms with Gasteiger partial charge in [-0.25, -0.2) is 4.79 Å². The number of methoxy groups -OCH3 is 1. The van der Waals surface area contributed by atoms with Crippen LogP contribution in [0.1, 0.15) is 32.8 Å². The number of alkyl carbamates (subject to hydrolysis) is 1. The van der Waals surface area contributed by atoms with Crippen molar-refractivity contribution in [2.75, 3.05) is 40.5 Å². The predicted octanol–water partition coefficient (Wildman–Crippen LogP) is 2.91. The van der Waals surface area contributed by atoms with E-state index in [0.717, 1.165) is 17.7 Å². The quantitative estimate of drug-likeness (QED) is 0.190. The standard InChI is InChI=1S/C20H34N4O4.HI/c1-20(2,3)28-19(25)23-12-6-11-22-18(21-4)24-15-16-7-9-17(10-8-16)27-14-13-26-5;/h7-10H,6,11-15H2,1-5H3,(H,23,25)(H2,21,22,24);1H. The first kappa shape index (κ1) is 27.2. The van der Waals surface area contributed by atoms with E-state index in [2.05, 4.69) is 20.9 Å². The van der Waals surface area contributed by atoms with Gasteiger partial charge in [0.25, 0.3) is 0 Å². The van der Waals surface area contributed by atoms with Gasteiger partial charge >= 0.3 is 6.09 Å². The zero-order valence-electron chi connectivity index (χ0n) is 18.0. The van der Waals surface area contributed by atoms with Crippen LogP contribution in [0.2, 0.25) is 0 Å². The van der Waals surface area contributed by atoms with Crippen molar-refractivity contribution in [2.45, 2.75) is 39.3 Å². The van der Waals surface area contributed by atoms with E-state index in [1.165, 1.54) is 0 Å². The number of halogens is 1. The molecule has 0 saturated carbocycles. The Morgan fingerprint density at radius 1 is 1.03 bits per heavy atom. The molecule has 0 unspecified atom stereocenters. The van der Waals surface area contributed by atoms with E-state index in [0.29, 0.717) is 38.8 Å². The molecule has 3 N–H and O–H groups in total. The van der Waals surface area contributed by atoms with Crippen molar-refractivity contribution >= 4 is 36.0 Å². The Morgan fingerprint density at radius 2 is 1.69 bits per heavy atom. The molecule has 0 aromatic heterocycles. The van der Waals surface area contributed by atoms with Crippen molar-refractivity contribution in [1.82, 2.24) is 16.0 Å². The number of nitrogens with zero attached hydrogens (tertiary/aromatic N) is 1. The van der Waals surface area contributed by atoms with E-state index in [9.17, 15) is 4.79 Å². The van der Waals surface area contributed by atoms with Crippen molar-refractivity contribution in [3.8, 4) is 5.75 Å². The molecule has 0 atom stereocenters. The summed E-state index contributed by atoms with van der Waals surface area (Å²) in [4.78, 5) is 15.8. The lowest BCUT2D eigenvalue weighted by atomic mass is 10.2. The van der Waals surface area contributed by atoms with Crippen molar-refractivity contribution in [1.29, 1.82) is 0 Å².